The van der Waals surface area contributed by atoms with Crippen molar-refractivity contribution in [3.63, 3.8) is 0 Å². The van der Waals surface area contributed by atoms with Gasteiger partial charge in [0.2, 0.25) is 0 Å². The van der Waals surface area contributed by atoms with Crippen LogP contribution >= 0.6 is 36.7 Å². The van der Waals surface area contributed by atoms with E-state index in [4.69, 9.17) is 35.7 Å². The Bertz CT molecular complexity index is 1160. The van der Waals surface area contributed by atoms with Gasteiger partial charge in [0.1, 0.15) is 0 Å². The van der Waals surface area contributed by atoms with Crippen molar-refractivity contribution in [3.8, 4) is 0 Å². The highest BCUT2D eigenvalue weighted by Crippen LogP contribution is 2.20. The van der Waals surface area contributed by atoms with Crippen LogP contribution in [-0.4, -0.2) is 77.3 Å². The average molecular weight is 1330 g/mol. The maximum Gasteiger partial charge on any atom is 0.156 e. The lowest BCUT2D eigenvalue weighted by Gasteiger charge is -2.23. The normalized spacial score (nSPS) is 11.2. The third-order valence-corrected chi connectivity index (χ3v) is 19.2. The minimum atomic E-state index is -1.11. The van der Waals surface area contributed by atoms with E-state index < -0.39 is 31.8 Å². The van der Waals surface area contributed by atoms with Gasteiger partial charge in [0.05, 0.1) is 31.8 Å². The van der Waals surface area contributed by atoms with Crippen LogP contribution < -0.4 is 0 Å². The highest BCUT2D eigenvalue weighted by molar-refractivity contribution is 7.80. The fourth-order valence-corrected chi connectivity index (χ4v) is 12.4. The molecule has 542 valence electrons. The number of rotatable bonds is 73. The molecule has 0 bridgehead atoms. The lowest BCUT2D eigenvalue weighted by molar-refractivity contribution is -0.0328. The number of unbranched alkanes of at least 4 members (excludes halogenated alkanes) is 63. The lowest BCUT2D eigenvalue weighted by atomic mass is 9.93. The summed E-state index contributed by atoms with van der Waals surface area (Å²) in [7, 11) is 0. The van der Waals surface area contributed by atoms with Crippen molar-refractivity contribution in [2.75, 3.05) is 26.4 Å². The monoisotopic (exact) mass is 1330 g/mol. The maximum absolute atomic E-state index is 8.95. The topological polar surface area (TPSA) is 142 Å². The SMILES string of the molecule is CCCCCCCCCCCCCCCCCCCCCCCCC(O)=S.CCCCCCCCCCCCCCCCCCCCCCCCC(O)=S.CCCCCCCCCCCCCCCCCCCCCCCCC(O)=S.OCC(CO)(CO)CO. The minimum absolute atomic E-state index is 0.183. The van der Waals surface area contributed by atoms with Gasteiger partial charge >= 0.3 is 0 Å². The zero-order valence-electron chi connectivity index (χ0n) is 61.0. The largest absolute Gasteiger partial charge is 0.502 e. The second kappa shape index (κ2) is 88.5. The Morgan fingerprint density at radius 2 is 0.267 bits per heavy atom. The standard InChI is InChI=1S/3C25H50OS.C5H12O4/c3*1-2-3-4-5-6-7-8-9-10-11-12-13-14-15-16-17-18-19-20-21-22-23-24-25(26)27;6-1-5(2-7,3-8)4-9/h3*2-24H2,1H3,(H,26,27);6-9H,1-4H2. The van der Waals surface area contributed by atoms with Crippen molar-refractivity contribution in [3.05, 3.63) is 0 Å². The van der Waals surface area contributed by atoms with E-state index in [1.807, 2.05) is 0 Å². The molecule has 0 unspecified atom stereocenters. The number of thiocarbonyl (C=S) groups is 3. The minimum Gasteiger partial charge on any atom is -0.502 e. The molecule has 0 aromatic rings. The van der Waals surface area contributed by atoms with Crippen molar-refractivity contribution in [2.45, 2.75) is 464 Å². The van der Waals surface area contributed by atoms with Crippen molar-refractivity contribution >= 4 is 51.8 Å². The molecule has 0 saturated carbocycles. The van der Waals surface area contributed by atoms with E-state index in [9.17, 15) is 0 Å². The third kappa shape index (κ3) is 93.9. The molecule has 0 heterocycles. The Morgan fingerprint density at radius 1 is 0.178 bits per heavy atom. The Hall–Kier alpha value is -0.490. The van der Waals surface area contributed by atoms with E-state index in [-0.39, 0.29) is 15.2 Å². The van der Waals surface area contributed by atoms with Gasteiger partial charge in [-0.05, 0) is 55.9 Å². The molecule has 10 heteroatoms. The summed E-state index contributed by atoms with van der Waals surface area (Å²) in [6.45, 7) is 5.26. The van der Waals surface area contributed by atoms with E-state index in [0.29, 0.717) is 19.3 Å². The van der Waals surface area contributed by atoms with Crippen LogP contribution in [0.25, 0.3) is 0 Å². The Morgan fingerprint density at radius 3 is 0.333 bits per heavy atom. The predicted molar refractivity (Wildman–Crippen MR) is 412 cm³/mol. The summed E-state index contributed by atoms with van der Waals surface area (Å²) in [5.41, 5.74) is -1.11. The first-order valence-corrected chi connectivity index (χ1v) is 41.4. The molecule has 0 radical (unpaired) electrons. The molecule has 0 fully saturated rings. The van der Waals surface area contributed by atoms with Gasteiger partial charge in [-0.1, -0.05) is 425 Å². The molecule has 90 heavy (non-hydrogen) atoms. The van der Waals surface area contributed by atoms with E-state index >= 15 is 0 Å². The van der Waals surface area contributed by atoms with Crippen LogP contribution in [0.2, 0.25) is 0 Å². The van der Waals surface area contributed by atoms with Crippen LogP contribution in [0.4, 0.5) is 0 Å². The molecule has 0 aliphatic rings. The third-order valence-electron chi connectivity index (χ3n) is 18.6. The Labute approximate surface area is 579 Å². The molecule has 0 rings (SSSR count). The van der Waals surface area contributed by atoms with Crippen LogP contribution in [-0.2, 0) is 0 Å². The van der Waals surface area contributed by atoms with Crippen molar-refractivity contribution < 1.29 is 35.7 Å². The summed E-state index contributed by atoms with van der Waals surface area (Å²) in [5, 5.41) is 61.4. The fourth-order valence-electron chi connectivity index (χ4n) is 12.0. The number of aliphatic hydroxyl groups is 7. The summed E-state index contributed by atoms with van der Waals surface area (Å²) in [6.07, 6.45) is 95.2. The van der Waals surface area contributed by atoms with Gasteiger partial charge in [-0.25, -0.2) is 0 Å². The van der Waals surface area contributed by atoms with Gasteiger partial charge in [0.15, 0.2) is 15.2 Å². The van der Waals surface area contributed by atoms with Gasteiger partial charge < -0.3 is 35.7 Å². The number of aliphatic hydroxyl groups excluding tert-OH is 7. The first-order valence-electron chi connectivity index (χ1n) is 40.1. The van der Waals surface area contributed by atoms with Gasteiger partial charge in [0.25, 0.3) is 0 Å². The lowest BCUT2D eigenvalue weighted by Crippen LogP contribution is -2.37. The summed E-state index contributed by atoms with van der Waals surface area (Å²) in [6, 6.07) is 0. The van der Waals surface area contributed by atoms with Gasteiger partial charge in [-0.2, -0.15) is 0 Å². The highest BCUT2D eigenvalue weighted by Gasteiger charge is 2.26. The molecule has 0 amide bonds. The van der Waals surface area contributed by atoms with Gasteiger partial charge in [-0.15, -0.1) is 0 Å². The van der Waals surface area contributed by atoms with Crippen molar-refractivity contribution in [2.24, 2.45) is 5.41 Å². The molecule has 0 saturated heterocycles. The van der Waals surface area contributed by atoms with Crippen LogP contribution in [0.1, 0.15) is 464 Å². The average Bonchev–Trinajstić information content (AvgIpc) is 3.73. The molecular formula is C80H162O7S3. The molecule has 0 aromatic heterocycles. The summed E-state index contributed by atoms with van der Waals surface area (Å²) >= 11 is 14.0. The van der Waals surface area contributed by atoms with Crippen LogP contribution in [0.3, 0.4) is 0 Å². The second-order valence-electron chi connectivity index (χ2n) is 27.8. The molecule has 0 atom stereocenters. The summed E-state index contributed by atoms with van der Waals surface area (Å²) < 4.78 is 0. The van der Waals surface area contributed by atoms with Crippen molar-refractivity contribution in [1.82, 2.24) is 0 Å². The summed E-state index contributed by atoms with van der Waals surface area (Å²) in [4.78, 5) is 0. The predicted octanol–water partition coefficient (Wildman–Crippen LogP) is 27.5. The molecule has 0 spiro atoms. The Kier molecular flexibility index (Phi) is 94.3. The smallest absolute Gasteiger partial charge is 0.156 e. The maximum atomic E-state index is 8.95. The number of hydrogen-bond acceptors (Lipinski definition) is 7. The Balaban J connectivity index is -0.000000575. The molecule has 7 nitrogen and oxygen atoms in total. The van der Waals surface area contributed by atoms with Crippen LogP contribution in [0, 0.1) is 5.41 Å². The zero-order valence-corrected chi connectivity index (χ0v) is 63.4. The first kappa shape index (κ1) is 95.9. The molecule has 0 aliphatic carbocycles. The zero-order chi connectivity index (χ0) is 66.9. The fraction of sp³-hybridized carbons (Fsp3) is 0.963. The van der Waals surface area contributed by atoms with E-state index in [1.54, 1.807) is 0 Å². The first-order chi connectivity index (χ1) is 44.1. The molecular weight excluding hydrogens is 1170 g/mol. The van der Waals surface area contributed by atoms with Gasteiger partial charge in [0, 0.05) is 19.3 Å². The van der Waals surface area contributed by atoms with E-state index in [1.165, 1.54) is 405 Å². The molecule has 0 aromatic carbocycles. The highest BCUT2D eigenvalue weighted by atomic mass is 32.1. The van der Waals surface area contributed by atoms with Crippen LogP contribution in [0.5, 0.6) is 0 Å². The quantitative estimate of drug-likeness (QED) is 0.0232. The molecule has 7 N–H and O–H groups in total. The number of hydrogen-bond donors (Lipinski definition) is 7. The van der Waals surface area contributed by atoms with E-state index in [0.717, 1.165) is 19.3 Å². The van der Waals surface area contributed by atoms with Gasteiger partial charge in [-0.3, -0.25) is 0 Å². The second-order valence-corrected chi connectivity index (χ2v) is 29.3. The molecule has 0 aliphatic heterocycles. The van der Waals surface area contributed by atoms with E-state index in [2.05, 4.69) is 57.4 Å². The van der Waals surface area contributed by atoms with Crippen LogP contribution in [0.15, 0.2) is 0 Å². The summed E-state index contributed by atoms with van der Waals surface area (Å²) in [5.74, 6) is 0. The van der Waals surface area contributed by atoms with Crippen molar-refractivity contribution in [1.29, 1.82) is 0 Å².